The van der Waals surface area contributed by atoms with E-state index in [1.165, 1.54) is 0 Å². The van der Waals surface area contributed by atoms with E-state index in [1.54, 1.807) is 16.8 Å². The van der Waals surface area contributed by atoms with Gasteiger partial charge >= 0.3 is 0 Å². The lowest BCUT2D eigenvalue weighted by Crippen LogP contribution is -2.23. The lowest BCUT2D eigenvalue weighted by molar-refractivity contribution is 0.520. The highest BCUT2D eigenvalue weighted by atomic mass is 35.5. The Balaban J connectivity index is 1.69. The summed E-state index contributed by atoms with van der Waals surface area (Å²) >= 11 is 12.5. The maximum atomic E-state index is 11.5. The highest BCUT2D eigenvalue weighted by molar-refractivity contribution is 7.91. The van der Waals surface area contributed by atoms with E-state index in [2.05, 4.69) is 10.4 Å². The van der Waals surface area contributed by atoms with Gasteiger partial charge in [0.05, 0.1) is 22.9 Å². The number of aryl methyl sites for hydroxylation is 1. The first-order valence-corrected chi connectivity index (χ1v) is 10.3. The third-order valence-corrected chi connectivity index (χ3v) is 6.70. The number of aromatic nitrogens is 2. The lowest BCUT2D eigenvalue weighted by Gasteiger charge is -2.09. The summed E-state index contributed by atoms with van der Waals surface area (Å²) in [6.07, 6.45) is 0.726. The molecule has 0 radical (unpaired) electrons. The summed E-state index contributed by atoms with van der Waals surface area (Å²) in [6.45, 7) is 3.13. The van der Waals surface area contributed by atoms with Crippen molar-refractivity contribution in [2.24, 2.45) is 5.92 Å². The summed E-state index contributed by atoms with van der Waals surface area (Å²) in [7, 11) is -2.84. The summed E-state index contributed by atoms with van der Waals surface area (Å²) in [5, 5.41) is 8.96. The van der Waals surface area contributed by atoms with E-state index in [0.717, 1.165) is 23.4 Å². The zero-order valence-electron chi connectivity index (χ0n) is 13.3. The van der Waals surface area contributed by atoms with Gasteiger partial charge in [-0.05, 0) is 44.0 Å². The van der Waals surface area contributed by atoms with Crippen LogP contribution in [0.3, 0.4) is 0 Å². The minimum atomic E-state index is -2.84. The van der Waals surface area contributed by atoms with Crippen molar-refractivity contribution in [2.45, 2.75) is 19.9 Å². The first-order valence-electron chi connectivity index (χ1n) is 7.77. The Morgan fingerprint density at radius 1 is 1.38 bits per heavy atom. The number of rotatable bonds is 5. The van der Waals surface area contributed by atoms with Crippen LogP contribution in [0.5, 0.6) is 0 Å². The smallest absolute Gasteiger partial charge is 0.150 e. The molecule has 2 aromatic rings. The van der Waals surface area contributed by atoms with Crippen molar-refractivity contribution in [2.75, 3.05) is 18.1 Å². The summed E-state index contributed by atoms with van der Waals surface area (Å²) in [5.41, 5.74) is 2.56. The number of hydrogen-bond donors (Lipinski definition) is 1. The van der Waals surface area contributed by atoms with Gasteiger partial charge in [0.1, 0.15) is 5.15 Å². The first kappa shape index (κ1) is 17.7. The number of benzene rings is 1. The third-order valence-electron chi connectivity index (χ3n) is 4.24. The van der Waals surface area contributed by atoms with Crippen molar-refractivity contribution in [1.29, 1.82) is 0 Å². The Kier molecular flexibility index (Phi) is 5.20. The van der Waals surface area contributed by atoms with Crippen LogP contribution in [0.15, 0.2) is 24.3 Å². The maximum absolute atomic E-state index is 11.5. The summed E-state index contributed by atoms with van der Waals surface area (Å²) in [5.74, 6) is 0.748. The molecule has 1 saturated heterocycles. The van der Waals surface area contributed by atoms with Crippen molar-refractivity contribution in [3.63, 3.8) is 0 Å². The highest BCUT2D eigenvalue weighted by Crippen LogP contribution is 2.25. The predicted molar refractivity (Wildman–Crippen MR) is 96.8 cm³/mol. The molecule has 1 N–H and O–H groups in total. The topological polar surface area (TPSA) is 64.0 Å². The summed E-state index contributed by atoms with van der Waals surface area (Å²) < 4.78 is 24.7. The van der Waals surface area contributed by atoms with E-state index in [0.29, 0.717) is 29.0 Å². The minimum Gasteiger partial charge on any atom is -0.312 e. The highest BCUT2D eigenvalue weighted by Gasteiger charge is 2.27. The van der Waals surface area contributed by atoms with Crippen LogP contribution >= 0.6 is 23.2 Å². The van der Waals surface area contributed by atoms with Crippen LogP contribution < -0.4 is 5.32 Å². The van der Waals surface area contributed by atoms with Crippen LogP contribution in [0.2, 0.25) is 10.2 Å². The molecule has 1 aromatic heterocycles. The second-order valence-electron chi connectivity index (χ2n) is 6.15. The molecule has 0 aliphatic carbocycles. The molecular weight excluding hydrogens is 369 g/mol. The summed E-state index contributed by atoms with van der Waals surface area (Å²) in [6, 6.07) is 7.35. The van der Waals surface area contributed by atoms with Crippen LogP contribution in [0.25, 0.3) is 5.69 Å². The van der Waals surface area contributed by atoms with Gasteiger partial charge < -0.3 is 5.32 Å². The average molecular weight is 388 g/mol. The number of nitrogens with one attached hydrogen (secondary N) is 1. The van der Waals surface area contributed by atoms with Crippen LogP contribution in [0.1, 0.15) is 17.7 Å². The molecule has 0 bridgehead atoms. The van der Waals surface area contributed by atoms with Gasteiger partial charge in [-0.2, -0.15) is 5.10 Å². The van der Waals surface area contributed by atoms with E-state index < -0.39 is 9.84 Å². The lowest BCUT2D eigenvalue weighted by atomic mass is 10.1. The Morgan fingerprint density at radius 3 is 2.83 bits per heavy atom. The van der Waals surface area contributed by atoms with Gasteiger partial charge in [-0.25, -0.2) is 13.1 Å². The molecule has 24 heavy (non-hydrogen) atoms. The maximum Gasteiger partial charge on any atom is 0.150 e. The molecule has 2 heterocycles. The fourth-order valence-corrected chi connectivity index (χ4v) is 5.33. The predicted octanol–water partition coefficient (Wildman–Crippen LogP) is 3.01. The average Bonchev–Trinajstić information content (AvgIpc) is 3.00. The molecule has 1 aliphatic rings. The monoisotopic (exact) mass is 387 g/mol. The minimum absolute atomic E-state index is 0.178. The normalized spacial score (nSPS) is 19.7. The molecular formula is C16H19Cl2N3O2S. The van der Waals surface area contributed by atoms with Crippen LogP contribution in [0.4, 0.5) is 0 Å². The number of sulfone groups is 1. The number of hydrogen-bond acceptors (Lipinski definition) is 4. The molecule has 0 spiro atoms. The van der Waals surface area contributed by atoms with E-state index in [4.69, 9.17) is 23.2 Å². The van der Waals surface area contributed by atoms with Gasteiger partial charge in [0, 0.05) is 17.1 Å². The SMILES string of the molecule is Cc1nn(-c2cccc(Cl)c2)c(Cl)c1CNCC1CCS(=O)(=O)C1. The van der Waals surface area contributed by atoms with Crippen molar-refractivity contribution >= 4 is 33.0 Å². The molecule has 5 nitrogen and oxygen atoms in total. The Morgan fingerprint density at radius 2 is 2.17 bits per heavy atom. The summed E-state index contributed by atoms with van der Waals surface area (Å²) in [4.78, 5) is 0. The Labute approximate surface area is 151 Å². The third kappa shape index (κ3) is 3.94. The molecule has 8 heteroatoms. The molecule has 1 aromatic carbocycles. The van der Waals surface area contributed by atoms with E-state index in [1.807, 2.05) is 19.1 Å². The largest absolute Gasteiger partial charge is 0.312 e. The standard InChI is InChI=1S/C16H19Cl2N3O2S/c1-11-15(9-19-8-12-5-6-24(22,23)10-12)16(18)21(20-11)14-4-2-3-13(17)7-14/h2-4,7,12,19H,5-6,8-10H2,1H3. The second-order valence-corrected chi connectivity index (χ2v) is 9.17. The van der Waals surface area contributed by atoms with Gasteiger partial charge in [-0.3, -0.25) is 0 Å². The Bertz CT molecular complexity index is 849. The van der Waals surface area contributed by atoms with E-state index in [-0.39, 0.29) is 11.7 Å². The fraction of sp³-hybridized carbons (Fsp3) is 0.438. The number of nitrogens with zero attached hydrogens (tertiary/aromatic N) is 2. The van der Waals surface area contributed by atoms with Gasteiger partial charge in [0.2, 0.25) is 0 Å². The van der Waals surface area contributed by atoms with E-state index in [9.17, 15) is 8.42 Å². The first-order chi connectivity index (χ1) is 11.4. The van der Waals surface area contributed by atoms with Gasteiger partial charge in [0.25, 0.3) is 0 Å². The van der Waals surface area contributed by atoms with Gasteiger partial charge in [0.15, 0.2) is 9.84 Å². The van der Waals surface area contributed by atoms with Crippen molar-refractivity contribution in [3.8, 4) is 5.69 Å². The molecule has 1 atom stereocenters. The molecule has 1 unspecified atom stereocenters. The molecule has 0 saturated carbocycles. The zero-order chi connectivity index (χ0) is 17.3. The quantitative estimate of drug-likeness (QED) is 0.855. The van der Waals surface area contributed by atoms with Crippen LogP contribution in [0, 0.1) is 12.8 Å². The van der Waals surface area contributed by atoms with E-state index >= 15 is 0 Å². The van der Waals surface area contributed by atoms with Crippen molar-refractivity contribution < 1.29 is 8.42 Å². The molecule has 0 amide bonds. The Hall–Kier alpha value is -1.08. The molecule has 1 aliphatic heterocycles. The van der Waals surface area contributed by atoms with Crippen LogP contribution in [-0.2, 0) is 16.4 Å². The zero-order valence-corrected chi connectivity index (χ0v) is 15.6. The van der Waals surface area contributed by atoms with Crippen molar-refractivity contribution in [3.05, 3.63) is 45.7 Å². The molecule has 3 rings (SSSR count). The molecule has 130 valence electrons. The van der Waals surface area contributed by atoms with Gasteiger partial charge in [-0.1, -0.05) is 29.3 Å². The number of halogens is 2. The second kappa shape index (κ2) is 7.04. The van der Waals surface area contributed by atoms with Gasteiger partial charge in [-0.15, -0.1) is 0 Å². The van der Waals surface area contributed by atoms with Crippen molar-refractivity contribution in [1.82, 2.24) is 15.1 Å². The fourth-order valence-electron chi connectivity index (χ4n) is 2.95. The van der Waals surface area contributed by atoms with Crippen LogP contribution in [-0.4, -0.2) is 36.2 Å². The molecule has 1 fully saturated rings.